The minimum absolute atomic E-state index is 0. The van der Waals surface area contributed by atoms with E-state index in [4.69, 9.17) is 0 Å². The van der Waals surface area contributed by atoms with Crippen LogP contribution in [0.2, 0.25) is 13.1 Å². The van der Waals surface area contributed by atoms with Crippen molar-refractivity contribution in [2.75, 3.05) is 0 Å². The Balaban J connectivity index is 0.000000432. The molecular weight excluding hydrogens is 566 g/mol. The monoisotopic (exact) mass is 602 g/mol. The van der Waals surface area contributed by atoms with Crippen molar-refractivity contribution >= 4 is 5.49 Å². The van der Waals surface area contributed by atoms with Crippen LogP contribution in [-0.2, 0) is 23.0 Å². The summed E-state index contributed by atoms with van der Waals surface area (Å²) in [7, 11) is 0. The second kappa shape index (κ2) is 15.4. The van der Waals surface area contributed by atoms with Gasteiger partial charge in [0, 0.05) is 0 Å². The number of hydrogen-bond donors (Lipinski definition) is 0. The predicted molar refractivity (Wildman–Crippen MR) is 113 cm³/mol. The SMILES string of the molecule is C1=CC2[CH-]C3CCCCC3C2C=C1.CCC1=[C-]CC=C1CC.C[Si](C)=[Hf+2].[Cl-].[Cl-]. The third-order valence-corrected chi connectivity index (χ3v) is 5.85. The van der Waals surface area contributed by atoms with Crippen LogP contribution in [0.3, 0.4) is 0 Å². The molecule has 2 fully saturated rings. The first-order valence-electron chi connectivity index (χ1n) is 10.6. The normalized spacial score (nSPS) is 28.6. The van der Waals surface area contributed by atoms with Crippen molar-refractivity contribution in [3.05, 3.63) is 54.0 Å². The molecule has 0 aromatic rings. The molecule has 0 aromatic carbocycles. The number of hydrogen-bond acceptors (Lipinski definition) is 0. The Labute approximate surface area is 201 Å². The first-order valence-corrected chi connectivity index (χ1v) is 18.5. The van der Waals surface area contributed by atoms with E-state index in [2.05, 4.69) is 69.8 Å². The molecule has 156 valence electrons. The smallest absolute Gasteiger partial charge is 1.00 e. The van der Waals surface area contributed by atoms with Gasteiger partial charge in [-0.15, -0.1) is 18.4 Å². The molecule has 0 amide bonds. The van der Waals surface area contributed by atoms with Crippen molar-refractivity contribution in [2.45, 2.75) is 71.9 Å². The van der Waals surface area contributed by atoms with E-state index >= 15 is 0 Å². The van der Waals surface area contributed by atoms with Crippen molar-refractivity contribution in [1.29, 1.82) is 0 Å². The van der Waals surface area contributed by atoms with Gasteiger partial charge in [-0.05, 0) is 5.92 Å². The number of fused-ring (bicyclic) bond motifs is 3. The Morgan fingerprint density at radius 3 is 2.32 bits per heavy atom. The Morgan fingerprint density at radius 2 is 1.71 bits per heavy atom. The van der Waals surface area contributed by atoms with Crippen molar-refractivity contribution in [2.24, 2.45) is 23.7 Å². The van der Waals surface area contributed by atoms with Gasteiger partial charge in [0.2, 0.25) is 0 Å². The van der Waals surface area contributed by atoms with E-state index in [1.165, 1.54) is 66.3 Å². The molecule has 0 aromatic heterocycles. The second-order valence-electron chi connectivity index (χ2n) is 8.03. The molecule has 4 heteroatoms. The summed E-state index contributed by atoms with van der Waals surface area (Å²) in [6, 6.07) is 0. The van der Waals surface area contributed by atoms with Gasteiger partial charge in [0.15, 0.2) is 0 Å². The van der Waals surface area contributed by atoms with E-state index in [0.29, 0.717) is 0 Å². The molecule has 0 spiro atoms. The molecule has 4 aliphatic rings. The van der Waals surface area contributed by atoms with Gasteiger partial charge >= 0.3 is 41.6 Å². The Kier molecular flexibility index (Phi) is 15.8. The summed E-state index contributed by atoms with van der Waals surface area (Å²) < 4.78 is 0. The molecule has 0 bridgehead atoms. The van der Waals surface area contributed by atoms with Gasteiger partial charge in [0.05, 0.1) is 0 Å². The molecule has 0 radical (unpaired) electrons. The summed E-state index contributed by atoms with van der Waals surface area (Å²) in [6.45, 7) is 9.05. The number of rotatable bonds is 2. The molecule has 0 nitrogen and oxygen atoms in total. The van der Waals surface area contributed by atoms with E-state index < -0.39 is 0 Å². The number of allylic oxidation sites excluding steroid dienone is 8. The fourth-order valence-corrected chi connectivity index (χ4v) is 4.70. The molecular formula is C24H36Cl2HfSi-2. The maximum absolute atomic E-state index is 3.33. The van der Waals surface area contributed by atoms with Gasteiger partial charge in [-0.25, -0.2) is 5.57 Å². The van der Waals surface area contributed by atoms with Crippen molar-refractivity contribution in [3.63, 3.8) is 0 Å². The summed E-state index contributed by atoms with van der Waals surface area (Å²) in [5.41, 5.74) is 3.21. The van der Waals surface area contributed by atoms with E-state index in [-0.39, 0.29) is 30.3 Å². The topological polar surface area (TPSA) is 0 Å². The van der Waals surface area contributed by atoms with Crippen LogP contribution in [0, 0.1) is 36.2 Å². The largest absolute Gasteiger partial charge is 1.00 e. The van der Waals surface area contributed by atoms with Gasteiger partial charge in [-0.1, -0.05) is 76.5 Å². The zero-order valence-electron chi connectivity index (χ0n) is 18.0. The van der Waals surface area contributed by atoms with E-state index in [1.54, 1.807) is 0 Å². The fraction of sp³-hybridized carbons (Fsp3) is 0.625. The van der Waals surface area contributed by atoms with Gasteiger partial charge < -0.3 is 31.2 Å². The minimum Gasteiger partial charge on any atom is -1.00 e. The molecule has 4 unspecified atom stereocenters. The molecule has 4 aliphatic carbocycles. The summed E-state index contributed by atoms with van der Waals surface area (Å²) in [4.78, 5) is 0. The molecule has 28 heavy (non-hydrogen) atoms. The molecule has 4 atom stereocenters. The maximum Gasteiger partial charge on any atom is -1.00 e. The molecule has 2 saturated carbocycles. The molecule has 0 heterocycles. The van der Waals surface area contributed by atoms with E-state index in [0.717, 1.165) is 36.5 Å². The van der Waals surface area contributed by atoms with Crippen LogP contribution in [0.1, 0.15) is 58.8 Å². The fourth-order valence-electron chi connectivity index (χ4n) is 4.70. The first kappa shape index (κ1) is 28.6. The van der Waals surface area contributed by atoms with Gasteiger partial charge in [0.1, 0.15) is 0 Å². The molecule has 0 N–H and O–H groups in total. The second-order valence-corrected chi connectivity index (χ2v) is 20.8. The van der Waals surface area contributed by atoms with Gasteiger partial charge in [0.25, 0.3) is 0 Å². The van der Waals surface area contributed by atoms with Crippen LogP contribution in [0.15, 0.2) is 41.5 Å². The zero-order valence-corrected chi connectivity index (χ0v) is 24.1. The van der Waals surface area contributed by atoms with Crippen LogP contribution in [0.5, 0.6) is 0 Å². The van der Waals surface area contributed by atoms with E-state index in [9.17, 15) is 0 Å². The summed E-state index contributed by atoms with van der Waals surface area (Å²) >= 11 is 1.45. The molecule has 0 saturated heterocycles. The van der Waals surface area contributed by atoms with Gasteiger partial charge in [-0.2, -0.15) is 17.6 Å². The van der Waals surface area contributed by atoms with Crippen LogP contribution in [0.25, 0.3) is 0 Å². The Bertz CT molecular complexity index is 569. The maximum atomic E-state index is 3.33. The van der Waals surface area contributed by atoms with Crippen molar-refractivity contribution in [3.8, 4) is 0 Å². The average Bonchev–Trinajstić information content (AvgIpc) is 3.25. The standard InChI is InChI=1S/C13H17.C9H13.C2H6Si.2ClH.Hf/c1-3-7-12-10(5-1)9-11-6-2-4-8-13(11)12;1-3-8-6-5-7-9(8)4-2;1-3-2;;;/h1,3,5,7,9-13H,2,4,6,8H2;6H,3-5H2,1-2H3;1-2H3;2*1H;/q2*-1;;;;+2/p-2. The number of halogens is 2. The van der Waals surface area contributed by atoms with Crippen LogP contribution >= 0.6 is 0 Å². The summed E-state index contributed by atoms with van der Waals surface area (Å²) in [6.07, 6.45) is 26.8. The summed E-state index contributed by atoms with van der Waals surface area (Å²) in [5, 5.41) is 0. The molecule has 4 rings (SSSR count). The zero-order chi connectivity index (χ0) is 18.9. The third kappa shape index (κ3) is 8.78. The van der Waals surface area contributed by atoms with Crippen molar-refractivity contribution < 1.29 is 47.8 Å². The van der Waals surface area contributed by atoms with Crippen LogP contribution in [-0.4, -0.2) is 5.49 Å². The van der Waals surface area contributed by atoms with Crippen LogP contribution in [0.4, 0.5) is 0 Å². The summed E-state index contributed by atoms with van der Waals surface area (Å²) in [5.74, 6) is 3.56. The van der Waals surface area contributed by atoms with Crippen molar-refractivity contribution in [1.82, 2.24) is 0 Å². The molecule has 0 aliphatic heterocycles. The predicted octanol–water partition coefficient (Wildman–Crippen LogP) is 1.03. The van der Waals surface area contributed by atoms with E-state index in [1.807, 2.05) is 0 Å². The Hall–Kier alpha value is 0.627. The third-order valence-electron chi connectivity index (χ3n) is 5.85. The van der Waals surface area contributed by atoms with Gasteiger partial charge in [-0.3, -0.25) is 6.08 Å². The quantitative estimate of drug-likeness (QED) is 0.328. The minimum atomic E-state index is 0. The first-order chi connectivity index (χ1) is 12.6. The average molecular weight is 602 g/mol. The van der Waals surface area contributed by atoms with Crippen LogP contribution < -0.4 is 24.8 Å². The Morgan fingerprint density at radius 1 is 1.07 bits per heavy atom.